The van der Waals surface area contributed by atoms with Gasteiger partial charge in [-0.3, -0.25) is 0 Å². The van der Waals surface area contributed by atoms with Gasteiger partial charge in [0.05, 0.1) is 12.0 Å². The number of nitriles is 1. The summed E-state index contributed by atoms with van der Waals surface area (Å²) in [5, 5.41) is 9.44. The Labute approximate surface area is 98.1 Å². The molecule has 1 heterocycles. The third-order valence-electron chi connectivity index (χ3n) is 1.96. The van der Waals surface area contributed by atoms with Crippen LogP contribution in [0.4, 0.5) is 5.95 Å². The Morgan fingerprint density at radius 1 is 1.53 bits per heavy atom. The van der Waals surface area contributed by atoms with Crippen molar-refractivity contribution in [3.05, 3.63) is 18.0 Å². The SMILES string of the molecule is CC(C#N)CN(C)c1ncc(CBr)cn1. The molecule has 0 aliphatic heterocycles. The molecule has 0 radical (unpaired) electrons. The van der Waals surface area contributed by atoms with Crippen LogP contribution in [0.5, 0.6) is 0 Å². The first kappa shape index (κ1) is 11.9. The van der Waals surface area contributed by atoms with Gasteiger partial charge >= 0.3 is 0 Å². The van der Waals surface area contributed by atoms with E-state index in [0.29, 0.717) is 12.5 Å². The molecule has 0 fully saturated rings. The van der Waals surface area contributed by atoms with Gasteiger partial charge in [0.1, 0.15) is 0 Å². The second-order valence-electron chi connectivity index (χ2n) is 3.44. The van der Waals surface area contributed by atoms with E-state index in [2.05, 4.69) is 32.0 Å². The molecule has 1 aromatic heterocycles. The van der Waals surface area contributed by atoms with E-state index in [4.69, 9.17) is 5.26 Å². The molecule has 0 aliphatic carbocycles. The summed E-state index contributed by atoms with van der Waals surface area (Å²) in [5.41, 5.74) is 1.04. The molecule has 1 aromatic rings. The number of aromatic nitrogens is 2. The normalized spacial score (nSPS) is 11.9. The number of alkyl halides is 1. The zero-order valence-corrected chi connectivity index (χ0v) is 10.4. The molecule has 0 N–H and O–H groups in total. The van der Waals surface area contributed by atoms with E-state index in [1.54, 1.807) is 12.4 Å². The predicted molar refractivity (Wildman–Crippen MR) is 62.7 cm³/mol. The first-order valence-corrected chi connectivity index (χ1v) is 5.77. The third-order valence-corrected chi connectivity index (χ3v) is 2.60. The van der Waals surface area contributed by atoms with Crippen LogP contribution in [0.15, 0.2) is 12.4 Å². The monoisotopic (exact) mass is 268 g/mol. The van der Waals surface area contributed by atoms with E-state index >= 15 is 0 Å². The highest BCUT2D eigenvalue weighted by molar-refractivity contribution is 9.08. The van der Waals surface area contributed by atoms with Gasteiger partial charge in [0, 0.05) is 31.3 Å². The average Bonchev–Trinajstić information content (AvgIpc) is 2.29. The van der Waals surface area contributed by atoms with Gasteiger partial charge in [0.15, 0.2) is 0 Å². The van der Waals surface area contributed by atoms with Crippen molar-refractivity contribution in [2.24, 2.45) is 5.92 Å². The fourth-order valence-corrected chi connectivity index (χ4v) is 1.44. The lowest BCUT2D eigenvalue weighted by molar-refractivity contribution is 0.702. The molecule has 0 bridgehead atoms. The predicted octanol–water partition coefficient (Wildman–Crippen LogP) is 1.97. The molecule has 1 unspecified atom stereocenters. The third kappa shape index (κ3) is 3.48. The van der Waals surface area contributed by atoms with Gasteiger partial charge in [-0.15, -0.1) is 0 Å². The molecule has 0 saturated heterocycles. The maximum Gasteiger partial charge on any atom is 0.225 e. The first-order valence-electron chi connectivity index (χ1n) is 4.65. The van der Waals surface area contributed by atoms with Gasteiger partial charge in [-0.05, 0) is 12.5 Å². The molecule has 15 heavy (non-hydrogen) atoms. The smallest absolute Gasteiger partial charge is 0.225 e. The number of halogens is 1. The van der Waals surface area contributed by atoms with Gasteiger partial charge in [0.25, 0.3) is 0 Å². The topological polar surface area (TPSA) is 52.8 Å². The van der Waals surface area contributed by atoms with E-state index in [1.165, 1.54) is 0 Å². The Balaban J connectivity index is 2.66. The van der Waals surface area contributed by atoms with E-state index in [0.717, 1.165) is 10.9 Å². The van der Waals surface area contributed by atoms with E-state index in [1.807, 2.05) is 18.9 Å². The number of hydrogen-bond acceptors (Lipinski definition) is 4. The zero-order valence-electron chi connectivity index (χ0n) is 8.81. The summed E-state index contributed by atoms with van der Waals surface area (Å²) in [5.74, 6) is 0.635. The molecule has 1 atom stereocenters. The fourth-order valence-electron chi connectivity index (χ4n) is 1.15. The average molecular weight is 269 g/mol. The van der Waals surface area contributed by atoms with E-state index in [9.17, 15) is 0 Å². The van der Waals surface area contributed by atoms with Crippen molar-refractivity contribution in [1.82, 2.24) is 9.97 Å². The first-order chi connectivity index (χ1) is 7.17. The zero-order chi connectivity index (χ0) is 11.3. The molecular formula is C10H13BrN4. The van der Waals surface area contributed by atoms with Crippen LogP contribution in [0.25, 0.3) is 0 Å². The lowest BCUT2D eigenvalue weighted by atomic mass is 10.2. The van der Waals surface area contributed by atoms with Gasteiger partial charge in [-0.2, -0.15) is 5.26 Å². The van der Waals surface area contributed by atoms with Crippen LogP contribution < -0.4 is 4.90 Å². The van der Waals surface area contributed by atoms with E-state index < -0.39 is 0 Å². The molecule has 80 valence electrons. The minimum Gasteiger partial charge on any atom is -0.343 e. The minimum absolute atomic E-state index is 0.0190. The van der Waals surface area contributed by atoms with Gasteiger partial charge in [-0.25, -0.2) is 9.97 Å². The Bertz CT molecular complexity index is 343. The van der Waals surface area contributed by atoms with Crippen LogP contribution in [0.1, 0.15) is 12.5 Å². The molecule has 0 aromatic carbocycles. The fraction of sp³-hybridized carbons (Fsp3) is 0.500. The number of nitrogens with zero attached hydrogens (tertiary/aromatic N) is 4. The summed E-state index contributed by atoms with van der Waals surface area (Å²) in [6, 6.07) is 2.18. The molecule has 5 heteroatoms. The second kappa shape index (κ2) is 5.66. The van der Waals surface area contributed by atoms with Crippen molar-refractivity contribution < 1.29 is 0 Å². The Morgan fingerprint density at radius 3 is 2.60 bits per heavy atom. The molecule has 0 aliphatic rings. The highest BCUT2D eigenvalue weighted by Crippen LogP contribution is 2.09. The summed E-state index contributed by atoms with van der Waals surface area (Å²) in [4.78, 5) is 10.3. The largest absolute Gasteiger partial charge is 0.343 e. The number of hydrogen-bond donors (Lipinski definition) is 0. The van der Waals surface area contributed by atoms with Crippen molar-refractivity contribution in [1.29, 1.82) is 5.26 Å². The van der Waals surface area contributed by atoms with E-state index in [-0.39, 0.29) is 5.92 Å². The number of rotatable bonds is 4. The van der Waals surface area contributed by atoms with Gasteiger partial charge in [0.2, 0.25) is 5.95 Å². The van der Waals surface area contributed by atoms with Crippen LogP contribution >= 0.6 is 15.9 Å². The summed E-state index contributed by atoms with van der Waals surface area (Å²) < 4.78 is 0. The van der Waals surface area contributed by atoms with Crippen LogP contribution in [0, 0.1) is 17.2 Å². The van der Waals surface area contributed by atoms with Crippen LogP contribution in [-0.4, -0.2) is 23.6 Å². The molecule has 0 spiro atoms. The van der Waals surface area contributed by atoms with Crippen LogP contribution in [0.3, 0.4) is 0 Å². The molecular weight excluding hydrogens is 256 g/mol. The number of anilines is 1. The van der Waals surface area contributed by atoms with Crippen molar-refractivity contribution in [3.8, 4) is 6.07 Å². The molecule has 0 amide bonds. The maximum absolute atomic E-state index is 8.69. The summed E-state index contributed by atoms with van der Waals surface area (Å²) in [6.07, 6.45) is 3.56. The Hall–Kier alpha value is -1.15. The van der Waals surface area contributed by atoms with Crippen molar-refractivity contribution in [2.45, 2.75) is 12.3 Å². The Morgan fingerprint density at radius 2 is 2.13 bits per heavy atom. The summed E-state index contributed by atoms with van der Waals surface area (Å²) in [6.45, 7) is 2.52. The summed E-state index contributed by atoms with van der Waals surface area (Å²) >= 11 is 3.33. The van der Waals surface area contributed by atoms with Crippen LogP contribution in [0.2, 0.25) is 0 Å². The standard InChI is InChI=1S/C10H13BrN4/c1-8(4-12)7-15(2)10-13-5-9(3-11)6-14-10/h5-6,8H,3,7H2,1-2H3. The lowest BCUT2D eigenvalue weighted by Gasteiger charge is -2.17. The van der Waals surface area contributed by atoms with Crippen molar-refractivity contribution in [2.75, 3.05) is 18.5 Å². The van der Waals surface area contributed by atoms with Crippen molar-refractivity contribution in [3.63, 3.8) is 0 Å². The molecule has 4 nitrogen and oxygen atoms in total. The minimum atomic E-state index is -0.0190. The quantitative estimate of drug-likeness (QED) is 0.784. The highest BCUT2D eigenvalue weighted by Gasteiger charge is 2.08. The Kier molecular flexibility index (Phi) is 4.50. The molecule has 1 rings (SSSR count). The lowest BCUT2D eigenvalue weighted by Crippen LogP contribution is -2.25. The molecule has 0 saturated carbocycles. The maximum atomic E-state index is 8.69. The van der Waals surface area contributed by atoms with Crippen molar-refractivity contribution >= 4 is 21.9 Å². The highest BCUT2D eigenvalue weighted by atomic mass is 79.9. The summed E-state index contributed by atoms with van der Waals surface area (Å²) in [7, 11) is 1.89. The van der Waals surface area contributed by atoms with Gasteiger partial charge < -0.3 is 4.90 Å². The second-order valence-corrected chi connectivity index (χ2v) is 4.00. The van der Waals surface area contributed by atoms with Gasteiger partial charge in [-0.1, -0.05) is 15.9 Å². The van der Waals surface area contributed by atoms with Crippen LogP contribution in [-0.2, 0) is 5.33 Å².